The van der Waals surface area contributed by atoms with Gasteiger partial charge >= 0.3 is 0 Å². The van der Waals surface area contributed by atoms with E-state index in [0.717, 1.165) is 17.7 Å². The summed E-state index contributed by atoms with van der Waals surface area (Å²) in [6.45, 7) is 5.89. The fourth-order valence-corrected chi connectivity index (χ4v) is 4.09. The van der Waals surface area contributed by atoms with Crippen molar-refractivity contribution in [1.29, 1.82) is 0 Å². The molecule has 0 bridgehead atoms. The second-order valence-electron chi connectivity index (χ2n) is 7.32. The minimum Gasteiger partial charge on any atom is -0.494 e. The molecule has 0 spiro atoms. The second-order valence-corrected chi connectivity index (χ2v) is 7.76. The number of carbonyl (C=O) groups excluding carboxylic acids is 1. The van der Waals surface area contributed by atoms with Crippen molar-refractivity contribution in [1.82, 2.24) is 4.90 Å². The lowest BCUT2D eigenvalue weighted by molar-refractivity contribution is -0.0336. The number of ether oxygens (including phenoxy) is 1. The molecular weight excluding hydrogens is 374 g/mol. The van der Waals surface area contributed by atoms with Gasteiger partial charge in [-0.1, -0.05) is 42.8 Å². The number of carbonyl (C=O) groups is 1. The van der Waals surface area contributed by atoms with E-state index < -0.39 is 5.60 Å². The quantitative estimate of drug-likeness (QED) is 0.684. The zero-order valence-corrected chi connectivity index (χ0v) is 17.3. The van der Waals surface area contributed by atoms with Gasteiger partial charge in [-0.3, -0.25) is 9.69 Å². The third-order valence-corrected chi connectivity index (χ3v) is 5.82. The largest absolute Gasteiger partial charge is 0.494 e. The van der Waals surface area contributed by atoms with E-state index in [0.29, 0.717) is 43.1 Å². The highest BCUT2D eigenvalue weighted by atomic mass is 35.5. The van der Waals surface area contributed by atoms with Gasteiger partial charge in [0, 0.05) is 23.7 Å². The Hall–Kier alpha value is -1.88. The lowest BCUT2D eigenvalue weighted by Crippen LogP contribution is -2.49. The van der Waals surface area contributed by atoms with Crippen LogP contribution in [0.3, 0.4) is 0 Å². The van der Waals surface area contributed by atoms with Gasteiger partial charge in [0.15, 0.2) is 5.78 Å². The summed E-state index contributed by atoms with van der Waals surface area (Å²) < 4.78 is 5.53. The molecule has 1 aliphatic rings. The van der Waals surface area contributed by atoms with Gasteiger partial charge in [-0.05, 0) is 56.0 Å². The Balaban J connectivity index is 1.70. The van der Waals surface area contributed by atoms with Gasteiger partial charge in [-0.15, -0.1) is 0 Å². The average molecular weight is 402 g/mol. The van der Waals surface area contributed by atoms with Gasteiger partial charge in [0.1, 0.15) is 5.75 Å². The van der Waals surface area contributed by atoms with E-state index in [2.05, 4.69) is 4.90 Å². The number of Topliss-reactive ketones (excluding diaryl/α,β-unsaturated/α-hetero) is 1. The van der Waals surface area contributed by atoms with Gasteiger partial charge in [0.2, 0.25) is 0 Å². The summed E-state index contributed by atoms with van der Waals surface area (Å²) in [5, 5.41) is 11.7. The van der Waals surface area contributed by atoms with Crippen molar-refractivity contribution in [3.8, 4) is 5.75 Å². The zero-order chi connectivity index (χ0) is 20.1. The lowest BCUT2D eigenvalue weighted by atomic mass is 9.83. The average Bonchev–Trinajstić information content (AvgIpc) is 2.71. The van der Waals surface area contributed by atoms with Crippen LogP contribution in [0.15, 0.2) is 48.5 Å². The van der Waals surface area contributed by atoms with Crippen LogP contribution in [0.1, 0.15) is 49.0 Å². The smallest absolute Gasteiger partial charge is 0.180 e. The zero-order valence-electron chi connectivity index (χ0n) is 16.5. The van der Waals surface area contributed by atoms with Crippen molar-refractivity contribution in [2.75, 3.05) is 19.7 Å². The van der Waals surface area contributed by atoms with E-state index in [4.69, 9.17) is 16.3 Å². The van der Waals surface area contributed by atoms with Crippen molar-refractivity contribution in [3.63, 3.8) is 0 Å². The SMILES string of the molecule is CCOc1cccc(C(=O)C(CC)N2CCC(O)(c3ccc(Cl)cc3)CC2)c1. The third-order valence-electron chi connectivity index (χ3n) is 5.57. The van der Waals surface area contributed by atoms with Gasteiger partial charge in [0.25, 0.3) is 0 Å². The number of benzene rings is 2. The Morgan fingerprint density at radius 1 is 1.18 bits per heavy atom. The molecule has 2 aromatic rings. The molecule has 28 heavy (non-hydrogen) atoms. The Kier molecular flexibility index (Phi) is 6.76. The molecule has 1 N–H and O–H groups in total. The number of likely N-dealkylation sites (tertiary alicyclic amines) is 1. The first kappa shape index (κ1) is 20.8. The molecule has 1 saturated heterocycles. The summed E-state index contributed by atoms with van der Waals surface area (Å²) in [5.74, 6) is 0.833. The van der Waals surface area contributed by atoms with E-state index in [1.165, 1.54) is 0 Å². The van der Waals surface area contributed by atoms with E-state index in [-0.39, 0.29) is 11.8 Å². The van der Waals surface area contributed by atoms with Crippen LogP contribution in [-0.2, 0) is 5.60 Å². The highest BCUT2D eigenvalue weighted by molar-refractivity contribution is 6.30. The predicted molar refractivity (Wildman–Crippen MR) is 112 cm³/mol. The van der Waals surface area contributed by atoms with Crippen LogP contribution in [0.2, 0.25) is 5.02 Å². The van der Waals surface area contributed by atoms with Gasteiger partial charge in [0.05, 0.1) is 18.2 Å². The minimum absolute atomic E-state index is 0.112. The first-order chi connectivity index (χ1) is 13.5. The molecule has 0 saturated carbocycles. The predicted octanol–water partition coefficient (Wildman–Crippen LogP) is 4.68. The standard InChI is InChI=1S/C23H28ClNO3/c1-3-21(22(26)17-6-5-7-20(16-17)28-4-2)25-14-12-23(27,13-15-25)18-8-10-19(24)11-9-18/h5-11,16,21,27H,3-4,12-15H2,1-2H3. The van der Waals surface area contributed by atoms with Crippen molar-refractivity contribution in [2.24, 2.45) is 0 Å². The highest BCUT2D eigenvalue weighted by Gasteiger charge is 2.37. The molecule has 2 aromatic carbocycles. The topological polar surface area (TPSA) is 49.8 Å². The molecule has 1 aliphatic heterocycles. The van der Waals surface area contributed by atoms with Crippen LogP contribution < -0.4 is 4.74 Å². The number of ketones is 1. The second kappa shape index (κ2) is 9.08. The Bertz CT molecular complexity index is 798. The summed E-state index contributed by atoms with van der Waals surface area (Å²) in [7, 11) is 0. The van der Waals surface area contributed by atoms with Crippen LogP contribution in [0.5, 0.6) is 5.75 Å². The summed E-state index contributed by atoms with van der Waals surface area (Å²) in [6, 6.07) is 14.6. The Labute approximate surface area is 172 Å². The van der Waals surface area contributed by atoms with Crippen LogP contribution in [0, 0.1) is 0 Å². The van der Waals surface area contributed by atoms with E-state index in [1.807, 2.05) is 62.4 Å². The van der Waals surface area contributed by atoms with E-state index in [9.17, 15) is 9.90 Å². The van der Waals surface area contributed by atoms with E-state index >= 15 is 0 Å². The number of nitrogens with zero attached hydrogens (tertiary/aromatic N) is 1. The molecule has 0 aliphatic carbocycles. The van der Waals surface area contributed by atoms with Crippen LogP contribution in [0.4, 0.5) is 0 Å². The van der Waals surface area contributed by atoms with Crippen LogP contribution in [0.25, 0.3) is 0 Å². The molecule has 0 aromatic heterocycles. The van der Waals surface area contributed by atoms with Gasteiger partial charge in [-0.2, -0.15) is 0 Å². The number of aliphatic hydroxyl groups is 1. The maximum atomic E-state index is 13.1. The highest BCUT2D eigenvalue weighted by Crippen LogP contribution is 2.34. The summed E-state index contributed by atoms with van der Waals surface area (Å²) >= 11 is 5.97. The maximum absolute atomic E-state index is 13.1. The van der Waals surface area contributed by atoms with Crippen LogP contribution in [-0.4, -0.2) is 41.5 Å². The van der Waals surface area contributed by atoms with E-state index in [1.54, 1.807) is 0 Å². The van der Waals surface area contributed by atoms with Crippen molar-refractivity contribution in [2.45, 2.75) is 44.8 Å². The maximum Gasteiger partial charge on any atom is 0.180 e. The molecule has 4 nitrogen and oxygen atoms in total. The monoisotopic (exact) mass is 401 g/mol. The molecule has 0 radical (unpaired) electrons. The summed E-state index contributed by atoms with van der Waals surface area (Å²) in [6.07, 6.45) is 1.92. The van der Waals surface area contributed by atoms with Crippen molar-refractivity contribution in [3.05, 3.63) is 64.7 Å². The van der Waals surface area contributed by atoms with Crippen LogP contribution >= 0.6 is 11.6 Å². The number of hydrogen-bond donors (Lipinski definition) is 1. The molecule has 150 valence electrons. The molecular formula is C23H28ClNO3. The molecule has 5 heteroatoms. The fraction of sp³-hybridized carbons (Fsp3) is 0.435. The summed E-state index contributed by atoms with van der Waals surface area (Å²) in [4.78, 5) is 15.3. The molecule has 0 amide bonds. The van der Waals surface area contributed by atoms with Gasteiger partial charge in [-0.25, -0.2) is 0 Å². The fourth-order valence-electron chi connectivity index (χ4n) is 3.96. The Morgan fingerprint density at radius 2 is 1.86 bits per heavy atom. The minimum atomic E-state index is -0.864. The molecule has 1 fully saturated rings. The molecule has 1 atom stereocenters. The lowest BCUT2D eigenvalue weighted by Gasteiger charge is -2.41. The summed E-state index contributed by atoms with van der Waals surface area (Å²) in [5.41, 5.74) is 0.703. The first-order valence-corrected chi connectivity index (χ1v) is 10.3. The van der Waals surface area contributed by atoms with Crippen molar-refractivity contribution < 1.29 is 14.6 Å². The number of piperidine rings is 1. The van der Waals surface area contributed by atoms with Crippen molar-refractivity contribution >= 4 is 17.4 Å². The number of hydrogen-bond acceptors (Lipinski definition) is 4. The number of halogens is 1. The Morgan fingerprint density at radius 3 is 2.46 bits per heavy atom. The third kappa shape index (κ3) is 4.57. The van der Waals surface area contributed by atoms with Gasteiger partial charge < -0.3 is 9.84 Å². The molecule has 3 rings (SSSR count). The molecule has 1 unspecified atom stereocenters. The molecule has 1 heterocycles. The normalized spacial score (nSPS) is 17.9. The first-order valence-electron chi connectivity index (χ1n) is 9.96. The number of rotatable bonds is 7.